The molecule has 11 heteroatoms. The maximum atomic E-state index is 12.7. The summed E-state index contributed by atoms with van der Waals surface area (Å²) in [5, 5.41) is 2.60. The van der Waals surface area contributed by atoms with E-state index in [0.717, 1.165) is 19.3 Å². The average Bonchev–Trinajstić information content (AvgIpc) is 3.29. The summed E-state index contributed by atoms with van der Waals surface area (Å²) in [7, 11) is -2.69. The van der Waals surface area contributed by atoms with Crippen LogP contribution >= 0.6 is 20.0 Å². The van der Waals surface area contributed by atoms with Crippen molar-refractivity contribution >= 4 is 31.8 Å². The molecule has 0 aliphatic carbocycles. The third kappa shape index (κ3) is 11.3. The molecule has 0 aromatic heterocycles. The maximum Gasteiger partial charge on any atom is 0.694 e. The molecule has 2 aliphatic rings. The van der Waals surface area contributed by atoms with Crippen LogP contribution in [-0.4, -0.2) is 51.3 Å². The summed E-state index contributed by atoms with van der Waals surface area (Å²) in [6, 6.07) is -0.505. The zero-order chi connectivity index (χ0) is 25.5. The Kier molecular flexibility index (Phi) is 14.4. The van der Waals surface area contributed by atoms with Crippen molar-refractivity contribution in [2.24, 2.45) is 5.73 Å². The number of urea groups is 1. The van der Waals surface area contributed by atoms with Crippen LogP contribution < -0.4 is 11.1 Å². The number of rotatable bonds is 19. The van der Waals surface area contributed by atoms with Gasteiger partial charge in [0, 0.05) is 22.9 Å². The smallest absolute Gasteiger partial charge is 0.340 e. The summed E-state index contributed by atoms with van der Waals surface area (Å²) in [5.41, 5.74) is 4.23. The number of hydrogen-bond donors (Lipinski definition) is 3. The van der Waals surface area contributed by atoms with Crippen LogP contribution in [0.1, 0.15) is 96.8 Å². The molecule has 0 radical (unpaired) electrons. The van der Waals surface area contributed by atoms with Crippen molar-refractivity contribution in [1.29, 1.82) is 0 Å². The number of hydrogen-bond acceptors (Lipinski definition) is 7. The Morgan fingerprint density at radius 1 is 1.17 bits per heavy atom. The topological polar surface area (TPSA) is 131 Å². The molecule has 0 spiro atoms. The molecule has 0 saturated carbocycles. The predicted octanol–water partition coefficient (Wildman–Crippen LogP) is 5.31. The minimum absolute atomic E-state index is 0.0511. The highest BCUT2D eigenvalue weighted by molar-refractivity contribution is 8.00. The van der Waals surface area contributed by atoms with Gasteiger partial charge >= 0.3 is 14.3 Å². The molecule has 0 bridgehead atoms. The molecular formula is C24H43N3O6PS+. The van der Waals surface area contributed by atoms with Crippen LogP contribution in [0.3, 0.4) is 0 Å². The van der Waals surface area contributed by atoms with E-state index in [-0.39, 0.29) is 12.4 Å². The number of nitrogens with one attached hydrogen (secondary N) is 1. The standard InChI is InChI=1S/C24H42N3O6PS/c1-2-3-4-5-6-7-8-9-10-11-12-13-14-15-20(28)24(25)16-17-27(23(29)26-24)21-19-35-22(33-21)18-32-34(30)31/h16-17,21-22H,2-15,18-19,25H2,1H3,(H-,26,29,30,31)/p+1/t21-,22+,24?/m1/s1. The number of carbonyl (C=O) groups is 2. The molecule has 9 nitrogen and oxygen atoms in total. The number of nitrogens with two attached hydrogens (primary N) is 1. The molecule has 4 N–H and O–H groups in total. The molecule has 2 unspecified atom stereocenters. The minimum atomic E-state index is -2.69. The first-order valence-corrected chi connectivity index (χ1v) is 15.2. The number of amides is 2. The molecular weight excluding hydrogens is 489 g/mol. The van der Waals surface area contributed by atoms with Gasteiger partial charge in [-0.15, -0.1) is 21.2 Å². The van der Waals surface area contributed by atoms with E-state index in [0.29, 0.717) is 12.2 Å². The molecule has 35 heavy (non-hydrogen) atoms. The Labute approximate surface area is 214 Å². The molecule has 2 heterocycles. The Bertz CT molecular complexity index is 713. The van der Waals surface area contributed by atoms with Gasteiger partial charge in [-0.25, -0.2) is 4.79 Å². The second-order valence-corrected chi connectivity index (χ2v) is 11.3. The monoisotopic (exact) mass is 532 g/mol. The number of Topliss-reactive ketones (excluding diaryl/α,β-unsaturated/α-hetero) is 1. The Morgan fingerprint density at radius 2 is 1.74 bits per heavy atom. The average molecular weight is 533 g/mol. The molecule has 2 aliphatic heterocycles. The Morgan fingerprint density at radius 3 is 2.29 bits per heavy atom. The number of carbonyl (C=O) groups excluding carboxylic acids is 2. The zero-order valence-corrected chi connectivity index (χ0v) is 22.7. The second kappa shape index (κ2) is 16.7. The van der Waals surface area contributed by atoms with Crippen molar-refractivity contribution in [3.63, 3.8) is 0 Å². The lowest BCUT2D eigenvalue weighted by atomic mass is 9.98. The third-order valence-electron chi connectivity index (χ3n) is 6.38. The fourth-order valence-electron chi connectivity index (χ4n) is 4.25. The van der Waals surface area contributed by atoms with E-state index in [9.17, 15) is 14.2 Å². The molecule has 1 fully saturated rings. The van der Waals surface area contributed by atoms with Gasteiger partial charge in [0.05, 0.1) is 0 Å². The summed E-state index contributed by atoms with van der Waals surface area (Å²) in [6.45, 7) is 2.19. The van der Waals surface area contributed by atoms with E-state index in [1.807, 2.05) is 0 Å². The number of thioether (sulfide) groups is 1. The summed E-state index contributed by atoms with van der Waals surface area (Å²) < 4.78 is 21.0. The van der Waals surface area contributed by atoms with E-state index < -0.39 is 31.6 Å². The van der Waals surface area contributed by atoms with Gasteiger partial charge in [0.15, 0.2) is 11.4 Å². The highest BCUT2D eigenvalue weighted by atomic mass is 32.2. The van der Waals surface area contributed by atoms with Gasteiger partial charge in [-0.3, -0.25) is 15.4 Å². The number of ketones is 1. The van der Waals surface area contributed by atoms with E-state index >= 15 is 0 Å². The third-order valence-corrected chi connectivity index (χ3v) is 7.85. The van der Waals surface area contributed by atoms with Crippen LogP contribution in [0.4, 0.5) is 4.79 Å². The molecule has 200 valence electrons. The Balaban J connectivity index is 1.58. The summed E-state index contributed by atoms with van der Waals surface area (Å²) in [4.78, 5) is 35.4. The second-order valence-electron chi connectivity index (χ2n) is 9.33. The van der Waals surface area contributed by atoms with Crippen molar-refractivity contribution in [2.45, 2.75) is 114 Å². The molecule has 0 aromatic carbocycles. The van der Waals surface area contributed by atoms with Crippen LogP contribution in [0.25, 0.3) is 0 Å². The summed E-state index contributed by atoms with van der Waals surface area (Å²) >= 11 is 1.38. The quantitative estimate of drug-likeness (QED) is 0.151. The molecule has 0 aromatic rings. The van der Waals surface area contributed by atoms with Gasteiger partial charge in [-0.2, -0.15) is 0 Å². The zero-order valence-electron chi connectivity index (χ0n) is 21.0. The normalized spacial score (nSPS) is 24.6. The van der Waals surface area contributed by atoms with Crippen molar-refractivity contribution in [3.05, 3.63) is 12.3 Å². The highest BCUT2D eigenvalue weighted by Crippen LogP contribution is 2.31. The van der Waals surface area contributed by atoms with Gasteiger partial charge in [-0.05, 0) is 12.5 Å². The molecule has 4 atom stereocenters. The SMILES string of the molecule is CCCCCCCCCCCCCCCC(=O)C1(N)C=CN([C@H]2CS[C@@H](CO[P+](=O)O)O2)C(=O)N1. The van der Waals surface area contributed by atoms with Gasteiger partial charge in [0.2, 0.25) is 0 Å². The lowest BCUT2D eigenvalue weighted by molar-refractivity contribution is -0.123. The van der Waals surface area contributed by atoms with Crippen LogP contribution in [0.5, 0.6) is 0 Å². The molecule has 2 amide bonds. The van der Waals surface area contributed by atoms with Crippen molar-refractivity contribution < 1.29 is 28.3 Å². The number of unbranched alkanes of at least 4 members (excludes halogenated alkanes) is 12. The maximum absolute atomic E-state index is 12.7. The fourth-order valence-corrected chi connectivity index (χ4v) is 5.60. The molecule has 2 rings (SSSR count). The number of nitrogens with zero attached hydrogens (tertiary/aromatic N) is 1. The predicted molar refractivity (Wildman–Crippen MR) is 139 cm³/mol. The largest absolute Gasteiger partial charge is 0.694 e. The van der Waals surface area contributed by atoms with Gasteiger partial charge in [0.25, 0.3) is 0 Å². The van der Waals surface area contributed by atoms with Gasteiger partial charge in [0.1, 0.15) is 18.3 Å². The van der Waals surface area contributed by atoms with Crippen LogP contribution in [0.15, 0.2) is 12.3 Å². The summed E-state index contributed by atoms with van der Waals surface area (Å²) in [6.07, 6.45) is 18.8. The van der Waals surface area contributed by atoms with Crippen molar-refractivity contribution in [3.8, 4) is 0 Å². The lowest BCUT2D eigenvalue weighted by Gasteiger charge is -2.35. The first kappa shape index (κ1) is 30.2. The Hall–Kier alpha value is -1.03. The van der Waals surface area contributed by atoms with E-state index in [4.69, 9.17) is 15.4 Å². The molecule has 1 saturated heterocycles. The first-order valence-electron chi connectivity index (χ1n) is 13.0. The van der Waals surface area contributed by atoms with E-state index in [1.54, 1.807) is 0 Å². The van der Waals surface area contributed by atoms with Gasteiger partial charge in [-0.1, -0.05) is 84.0 Å². The van der Waals surface area contributed by atoms with Crippen molar-refractivity contribution in [2.75, 3.05) is 12.4 Å². The van der Waals surface area contributed by atoms with E-state index in [1.165, 1.54) is 93.1 Å². The van der Waals surface area contributed by atoms with Crippen LogP contribution in [0.2, 0.25) is 0 Å². The fraction of sp³-hybridized carbons (Fsp3) is 0.833. The summed E-state index contributed by atoms with van der Waals surface area (Å²) in [5.74, 6) is 0.267. The van der Waals surface area contributed by atoms with Crippen LogP contribution in [-0.2, 0) is 18.6 Å². The van der Waals surface area contributed by atoms with E-state index in [2.05, 4.69) is 16.8 Å². The van der Waals surface area contributed by atoms with Crippen LogP contribution in [0, 0.1) is 0 Å². The minimum Gasteiger partial charge on any atom is -0.340 e. The lowest BCUT2D eigenvalue weighted by Crippen LogP contribution is -2.65. The van der Waals surface area contributed by atoms with Gasteiger partial charge < -0.3 is 10.1 Å². The highest BCUT2D eigenvalue weighted by Gasteiger charge is 2.41. The first-order chi connectivity index (χ1) is 16.9. The number of ether oxygens (including phenoxy) is 1. The van der Waals surface area contributed by atoms with Crippen molar-refractivity contribution in [1.82, 2.24) is 10.2 Å².